The molecule has 26 heavy (non-hydrogen) atoms. The highest BCUT2D eigenvalue weighted by Crippen LogP contribution is 2.31. The van der Waals surface area contributed by atoms with E-state index in [9.17, 15) is 0 Å². The van der Waals surface area contributed by atoms with Crippen LogP contribution in [0.15, 0.2) is 35.3 Å². The van der Waals surface area contributed by atoms with Gasteiger partial charge >= 0.3 is 0 Å². The Hall–Kier alpha value is -0.820. The number of guanidine groups is 1. The highest BCUT2D eigenvalue weighted by molar-refractivity contribution is 14.0. The standard InChI is InChI=1S/C21H34N4.HI/c1-3-22-21(23-15-19-13-14-25(16-19)20-11-12-20)24-17(2)9-10-18-7-5-4-6-8-18;/h4-8,17,19-20H,3,9-16H2,1-2H3,(H2,22,23,24);1H. The largest absolute Gasteiger partial charge is 0.357 e. The summed E-state index contributed by atoms with van der Waals surface area (Å²) in [4.78, 5) is 7.54. The van der Waals surface area contributed by atoms with Crippen molar-refractivity contribution in [2.24, 2.45) is 10.9 Å². The van der Waals surface area contributed by atoms with Crippen LogP contribution in [-0.2, 0) is 6.42 Å². The zero-order chi connectivity index (χ0) is 17.5. The van der Waals surface area contributed by atoms with Gasteiger partial charge in [0.05, 0.1) is 0 Å². The number of hydrogen-bond donors (Lipinski definition) is 2. The Bertz CT molecular complexity index is 544. The number of likely N-dealkylation sites (tertiary alicyclic amines) is 1. The van der Waals surface area contributed by atoms with E-state index in [0.717, 1.165) is 43.9 Å². The molecule has 4 nitrogen and oxygen atoms in total. The number of nitrogens with zero attached hydrogens (tertiary/aromatic N) is 2. The van der Waals surface area contributed by atoms with Gasteiger partial charge in [-0.3, -0.25) is 4.99 Å². The fraction of sp³-hybridized carbons (Fsp3) is 0.667. The molecule has 3 rings (SSSR count). The lowest BCUT2D eigenvalue weighted by atomic mass is 10.1. The van der Waals surface area contributed by atoms with E-state index in [1.165, 1.54) is 37.9 Å². The molecule has 1 aliphatic heterocycles. The van der Waals surface area contributed by atoms with Crippen LogP contribution in [0.1, 0.15) is 45.1 Å². The van der Waals surface area contributed by atoms with E-state index in [1.54, 1.807) is 0 Å². The summed E-state index contributed by atoms with van der Waals surface area (Å²) in [5.41, 5.74) is 1.41. The van der Waals surface area contributed by atoms with Crippen molar-refractivity contribution in [3.63, 3.8) is 0 Å². The second-order valence-electron chi connectivity index (χ2n) is 7.67. The molecule has 1 aromatic carbocycles. The Labute approximate surface area is 176 Å². The number of benzene rings is 1. The monoisotopic (exact) mass is 470 g/mol. The normalized spacial score (nSPS) is 21.9. The second kappa shape index (κ2) is 11.1. The predicted molar refractivity (Wildman–Crippen MR) is 121 cm³/mol. The molecule has 0 amide bonds. The van der Waals surface area contributed by atoms with Gasteiger partial charge in [0.15, 0.2) is 5.96 Å². The Kier molecular flexibility index (Phi) is 9.19. The smallest absolute Gasteiger partial charge is 0.191 e. The van der Waals surface area contributed by atoms with E-state index in [2.05, 4.69) is 59.7 Å². The van der Waals surface area contributed by atoms with Crippen molar-refractivity contribution in [3.8, 4) is 0 Å². The Morgan fingerprint density at radius 2 is 2.00 bits per heavy atom. The maximum atomic E-state index is 4.87. The van der Waals surface area contributed by atoms with Crippen LogP contribution in [0.4, 0.5) is 0 Å². The molecule has 1 aliphatic carbocycles. The summed E-state index contributed by atoms with van der Waals surface area (Å²) in [6.07, 6.45) is 6.36. The molecule has 0 spiro atoms. The molecule has 0 bridgehead atoms. The van der Waals surface area contributed by atoms with Crippen molar-refractivity contribution in [1.82, 2.24) is 15.5 Å². The molecular weight excluding hydrogens is 435 g/mol. The van der Waals surface area contributed by atoms with Crippen LogP contribution in [0.25, 0.3) is 0 Å². The lowest BCUT2D eigenvalue weighted by Gasteiger charge is -2.19. The van der Waals surface area contributed by atoms with Gasteiger partial charge < -0.3 is 15.5 Å². The number of rotatable bonds is 8. The molecule has 0 radical (unpaired) electrons. The lowest BCUT2D eigenvalue weighted by Crippen LogP contribution is -2.42. The first kappa shape index (κ1) is 21.5. The number of aliphatic imine (C=N–C) groups is 1. The maximum absolute atomic E-state index is 4.87. The van der Waals surface area contributed by atoms with E-state index in [1.807, 2.05) is 0 Å². The van der Waals surface area contributed by atoms with Gasteiger partial charge in [0.1, 0.15) is 0 Å². The molecule has 146 valence electrons. The molecule has 2 fully saturated rings. The van der Waals surface area contributed by atoms with Crippen molar-refractivity contribution in [2.45, 2.75) is 58.0 Å². The molecule has 2 N–H and O–H groups in total. The van der Waals surface area contributed by atoms with Gasteiger partial charge in [-0.2, -0.15) is 0 Å². The van der Waals surface area contributed by atoms with Gasteiger partial charge in [0.25, 0.3) is 0 Å². The molecule has 1 heterocycles. The average molecular weight is 470 g/mol. The zero-order valence-electron chi connectivity index (χ0n) is 16.3. The lowest BCUT2D eigenvalue weighted by molar-refractivity contribution is 0.315. The molecule has 2 unspecified atom stereocenters. The molecule has 5 heteroatoms. The topological polar surface area (TPSA) is 39.7 Å². The van der Waals surface area contributed by atoms with E-state index in [0.29, 0.717) is 6.04 Å². The minimum Gasteiger partial charge on any atom is -0.357 e. The van der Waals surface area contributed by atoms with Crippen molar-refractivity contribution >= 4 is 29.9 Å². The first-order chi connectivity index (χ1) is 12.2. The van der Waals surface area contributed by atoms with Crippen molar-refractivity contribution in [3.05, 3.63) is 35.9 Å². The summed E-state index contributed by atoms with van der Waals surface area (Å²) in [6.45, 7) is 8.77. The van der Waals surface area contributed by atoms with E-state index >= 15 is 0 Å². The maximum Gasteiger partial charge on any atom is 0.191 e. The predicted octanol–water partition coefficient (Wildman–Crippen LogP) is 3.67. The highest BCUT2D eigenvalue weighted by Gasteiger charge is 2.34. The van der Waals surface area contributed by atoms with Gasteiger partial charge in [-0.15, -0.1) is 24.0 Å². The third-order valence-electron chi connectivity index (χ3n) is 5.32. The van der Waals surface area contributed by atoms with Crippen LogP contribution in [0.3, 0.4) is 0 Å². The van der Waals surface area contributed by atoms with Gasteiger partial charge in [-0.1, -0.05) is 30.3 Å². The quantitative estimate of drug-likeness (QED) is 0.346. The van der Waals surface area contributed by atoms with E-state index < -0.39 is 0 Å². The van der Waals surface area contributed by atoms with E-state index in [4.69, 9.17) is 4.99 Å². The molecule has 1 saturated carbocycles. The number of nitrogens with one attached hydrogen (secondary N) is 2. The minimum absolute atomic E-state index is 0. The average Bonchev–Trinajstić information content (AvgIpc) is 3.37. The molecule has 0 aromatic heterocycles. The van der Waals surface area contributed by atoms with Crippen LogP contribution >= 0.6 is 24.0 Å². The minimum atomic E-state index is 0. The van der Waals surface area contributed by atoms with Crippen LogP contribution in [0, 0.1) is 5.92 Å². The number of hydrogen-bond acceptors (Lipinski definition) is 2. The molecule has 1 aromatic rings. The SMILES string of the molecule is CCNC(=NCC1CCN(C2CC2)C1)NC(C)CCc1ccccc1.I. The first-order valence-electron chi connectivity index (χ1n) is 10.1. The van der Waals surface area contributed by atoms with E-state index in [-0.39, 0.29) is 24.0 Å². The number of aryl methyl sites for hydroxylation is 1. The second-order valence-corrected chi connectivity index (χ2v) is 7.67. The van der Waals surface area contributed by atoms with Gasteiger partial charge in [-0.05, 0) is 64.0 Å². The summed E-state index contributed by atoms with van der Waals surface area (Å²) >= 11 is 0. The number of halogens is 1. The van der Waals surface area contributed by atoms with Crippen LogP contribution in [-0.4, -0.2) is 49.1 Å². The van der Waals surface area contributed by atoms with Gasteiger partial charge in [-0.25, -0.2) is 0 Å². The first-order valence-corrected chi connectivity index (χ1v) is 10.1. The summed E-state index contributed by atoms with van der Waals surface area (Å²) < 4.78 is 0. The van der Waals surface area contributed by atoms with Gasteiger partial charge in [0.2, 0.25) is 0 Å². The Balaban J connectivity index is 0.00000243. The van der Waals surface area contributed by atoms with Gasteiger partial charge in [0, 0.05) is 31.7 Å². The highest BCUT2D eigenvalue weighted by atomic mass is 127. The van der Waals surface area contributed by atoms with Crippen molar-refractivity contribution < 1.29 is 0 Å². The molecular formula is C21H35IN4. The fourth-order valence-corrected chi connectivity index (χ4v) is 3.66. The summed E-state index contributed by atoms with van der Waals surface area (Å²) in [5.74, 6) is 1.71. The third-order valence-corrected chi connectivity index (χ3v) is 5.32. The zero-order valence-corrected chi connectivity index (χ0v) is 18.6. The third kappa shape index (κ3) is 7.06. The Morgan fingerprint density at radius 1 is 1.23 bits per heavy atom. The van der Waals surface area contributed by atoms with Crippen LogP contribution < -0.4 is 10.6 Å². The Morgan fingerprint density at radius 3 is 2.69 bits per heavy atom. The summed E-state index contributed by atoms with van der Waals surface area (Å²) in [7, 11) is 0. The summed E-state index contributed by atoms with van der Waals surface area (Å²) in [5, 5.41) is 6.99. The van der Waals surface area contributed by atoms with Crippen molar-refractivity contribution in [1.29, 1.82) is 0 Å². The van der Waals surface area contributed by atoms with Crippen LogP contribution in [0.2, 0.25) is 0 Å². The molecule has 1 saturated heterocycles. The molecule has 2 atom stereocenters. The van der Waals surface area contributed by atoms with Crippen molar-refractivity contribution in [2.75, 3.05) is 26.2 Å². The van der Waals surface area contributed by atoms with Crippen LogP contribution in [0.5, 0.6) is 0 Å². The summed E-state index contributed by atoms with van der Waals surface area (Å²) in [6, 6.07) is 12.0. The molecule has 2 aliphatic rings. The fourth-order valence-electron chi connectivity index (χ4n) is 3.66.